The van der Waals surface area contributed by atoms with Crippen molar-refractivity contribution in [1.82, 2.24) is 4.90 Å². The zero-order valence-corrected chi connectivity index (χ0v) is 12.6. The van der Waals surface area contributed by atoms with Gasteiger partial charge in [0.2, 0.25) is 0 Å². The molecule has 110 valence electrons. The van der Waals surface area contributed by atoms with Crippen LogP contribution in [0.15, 0.2) is 18.2 Å². The molecule has 0 spiro atoms. The summed E-state index contributed by atoms with van der Waals surface area (Å²) in [6.07, 6.45) is 0.315. The van der Waals surface area contributed by atoms with Crippen molar-refractivity contribution in [2.45, 2.75) is 52.3 Å². The lowest BCUT2D eigenvalue weighted by atomic mass is 9.93. The maximum absolute atomic E-state index is 12.3. The van der Waals surface area contributed by atoms with Crippen molar-refractivity contribution in [3.63, 3.8) is 0 Å². The van der Waals surface area contributed by atoms with Crippen molar-refractivity contribution < 1.29 is 14.6 Å². The van der Waals surface area contributed by atoms with E-state index in [1.54, 1.807) is 4.90 Å². The molecule has 2 rings (SSSR count). The van der Waals surface area contributed by atoms with Gasteiger partial charge in [-0.3, -0.25) is 4.90 Å². The number of ether oxygens (including phenoxy) is 1. The minimum absolute atomic E-state index is 0.0490. The number of carbonyl (C=O) groups is 1. The molecule has 1 amide bonds. The highest BCUT2D eigenvalue weighted by molar-refractivity contribution is 5.69. The highest BCUT2D eigenvalue weighted by atomic mass is 16.6. The number of benzene rings is 1. The minimum atomic E-state index is -0.523. The van der Waals surface area contributed by atoms with Crippen LogP contribution in [0.2, 0.25) is 0 Å². The quantitative estimate of drug-likeness (QED) is 0.858. The predicted octanol–water partition coefficient (Wildman–Crippen LogP) is 2.65. The van der Waals surface area contributed by atoms with Gasteiger partial charge in [0, 0.05) is 6.54 Å². The number of rotatable bonds is 1. The van der Waals surface area contributed by atoms with Gasteiger partial charge in [0.1, 0.15) is 5.60 Å². The third-order valence-electron chi connectivity index (χ3n) is 3.44. The van der Waals surface area contributed by atoms with Gasteiger partial charge in [-0.05, 0) is 45.2 Å². The van der Waals surface area contributed by atoms with Crippen LogP contribution in [0.1, 0.15) is 37.5 Å². The number of carbonyl (C=O) groups excluding carboxylic acids is 1. The summed E-state index contributed by atoms with van der Waals surface area (Å²) in [6, 6.07) is 6.02. The zero-order chi connectivity index (χ0) is 14.9. The Balaban J connectivity index is 2.22. The lowest BCUT2D eigenvalue weighted by Crippen LogP contribution is -2.48. The molecule has 0 saturated carbocycles. The van der Waals surface area contributed by atoms with E-state index in [-0.39, 0.29) is 18.7 Å². The first-order chi connectivity index (χ1) is 9.30. The Morgan fingerprint density at radius 3 is 2.70 bits per heavy atom. The predicted molar refractivity (Wildman–Crippen MR) is 77.5 cm³/mol. The van der Waals surface area contributed by atoms with Crippen LogP contribution >= 0.6 is 0 Å². The van der Waals surface area contributed by atoms with Gasteiger partial charge in [-0.2, -0.15) is 0 Å². The van der Waals surface area contributed by atoms with Crippen LogP contribution in [-0.4, -0.2) is 34.3 Å². The van der Waals surface area contributed by atoms with Crippen molar-refractivity contribution in [3.8, 4) is 0 Å². The summed E-state index contributed by atoms with van der Waals surface area (Å²) in [6.45, 7) is 8.04. The summed E-state index contributed by atoms with van der Waals surface area (Å²) < 4.78 is 5.42. The van der Waals surface area contributed by atoms with Crippen molar-refractivity contribution in [2.75, 3.05) is 6.61 Å². The molecule has 1 aromatic carbocycles. The molecule has 0 unspecified atom stereocenters. The normalized spacial score (nSPS) is 18.6. The van der Waals surface area contributed by atoms with Crippen molar-refractivity contribution in [2.24, 2.45) is 0 Å². The molecule has 1 N–H and O–H groups in total. The average Bonchev–Trinajstić information content (AvgIpc) is 2.34. The van der Waals surface area contributed by atoms with E-state index in [0.717, 1.165) is 5.56 Å². The molecular weight excluding hydrogens is 254 g/mol. The molecular formula is C16H23NO3. The molecule has 0 saturated heterocycles. The highest BCUT2D eigenvalue weighted by Gasteiger charge is 2.32. The SMILES string of the molecule is Cc1ccc2c(c1)C[C@@H](CO)N(C(=O)OC(C)(C)C)C2. The molecule has 0 bridgehead atoms. The van der Waals surface area contributed by atoms with E-state index in [2.05, 4.69) is 19.1 Å². The van der Waals surface area contributed by atoms with E-state index in [9.17, 15) is 9.90 Å². The summed E-state index contributed by atoms with van der Waals surface area (Å²) in [4.78, 5) is 13.9. The standard InChI is InChI=1S/C16H23NO3/c1-11-5-6-12-9-17(15(19)20-16(2,3)4)14(10-18)8-13(12)7-11/h5-7,14,18H,8-10H2,1-4H3/t14-/m0/s1. The molecule has 0 aliphatic carbocycles. The number of nitrogens with zero attached hydrogens (tertiary/aromatic N) is 1. The third kappa shape index (κ3) is 3.31. The molecule has 1 aliphatic rings. The Bertz CT molecular complexity index is 505. The van der Waals surface area contributed by atoms with E-state index in [0.29, 0.717) is 13.0 Å². The second-order valence-corrected chi connectivity index (χ2v) is 6.42. The van der Waals surface area contributed by atoms with Gasteiger partial charge in [0.15, 0.2) is 0 Å². The molecule has 1 atom stereocenters. The Kier molecular flexibility index (Phi) is 4.04. The Morgan fingerprint density at radius 2 is 2.10 bits per heavy atom. The van der Waals surface area contributed by atoms with Crippen LogP contribution in [0.5, 0.6) is 0 Å². The molecule has 1 aliphatic heterocycles. The molecule has 0 fully saturated rings. The second kappa shape index (κ2) is 5.44. The first kappa shape index (κ1) is 14.9. The van der Waals surface area contributed by atoms with Crippen LogP contribution in [0.25, 0.3) is 0 Å². The number of hydrogen-bond donors (Lipinski definition) is 1. The Labute approximate surface area is 120 Å². The first-order valence-electron chi connectivity index (χ1n) is 6.99. The van der Waals surface area contributed by atoms with Crippen molar-refractivity contribution in [1.29, 1.82) is 0 Å². The summed E-state index contributed by atoms with van der Waals surface area (Å²) in [5, 5.41) is 9.55. The number of aliphatic hydroxyl groups excluding tert-OH is 1. The maximum Gasteiger partial charge on any atom is 0.410 e. The van der Waals surface area contributed by atoms with Crippen LogP contribution < -0.4 is 0 Å². The Hall–Kier alpha value is -1.55. The summed E-state index contributed by atoms with van der Waals surface area (Å²) in [7, 11) is 0. The van der Waals surface area contributed by atoms with Gasteiger partial charge in [-0.25, -0.2) is 4.79 Å². The van der Waals surface area contributed by atoms with Gasteiger partial charge in [0.25, 0.3) is 0 Å². The fraction of sp³-hybridized carbons (Fsp3) is 0.562. The summed E-state index contributed by atoms with van der Waals surface area (Å²) in [5.74, 6) is 0. The van der Waals surface area contributed by atoms with Gasteiger partial charge in [0.05, 0.1) is 12.6 Å². The van der Waals surface area contributed by atoms with Gasteiger partial charge < -0.3 is 9.84 Å². The number of amides is 1. The third-order valence-corrected chi connectivity index (χ3v) is 3.44. The summed E-state index contributed by atoms with van der Waals surface area (Å²) in [5.41, 5.74) is 3.02. The van der Waals surface area contributed by atoms with E-state index in [1.807, 2.05) is 26.8 Å². The second-order valence-electron chi connectivity index (χ2n) is 6.42. The number of fused-ring (bicyclic) bond motifs is 1. The maximum atomic E-state index is 12.3. The fourth-order valence-corrected chi connectivity index (χ4v) is 2.47. The van der Waals surface area contributed by atoms with Crippen LogP contribution in [0.4, 0.5) is 4.79 Å². The molecule has 4 nitrogen and oxygen atoms in total. The molecule has 0 radical (unpaired) electrons. The molecule has 4 heteroatoms. The lowest BCUT2D eigenvalue weighted by Gasteiger charge is -2.37. The lowest BCUT2D eigenvalue weighted by molar-refractivity contribution is 0.00462. The molecule has 20 heavy (non-hydrogen) atoms. The molecule has 1 heterocycles. The van der Waals surface area contributed by atoms with Crippen LogP contribution in [-0.2, 0) is 17.7 Å². The van der Waals surface area contributed by atoms with Gasteiger partial charge >= 0.3 is 6.09 Å². The minimum Gasteiger partial charge on any atom is -0.444 e. The van der Waals surface area contributed by atoms with E-state index in [1.165, 1.54) is 11.1 Å². The number of aryl methyl sites for hydroxylation is 1. The Morgan fingerprint density at radius 1 is 1.40 bits per heavy atom. The van der Waals surface area contributed by atoms with Gasteiger partial charge in [-0.15, -0.1) is 0 Å². The topological polar surface area (TPSA) is 49.8 Å². The fourth-order valence-electron chi connectivity index (χ4n) is 2.47. The molecule has 1 aromatic rings. The van der Waals surface area contributed by atoms with Crippen LogP contribution in [0, 0.1) is 6.92 Å². The van der Waals surface area contributed by atoms with E-state index in [4.69, 9.17) is 4.74 Å². The summed E-state index contributed by atoms with van der Waals surface area (Å²) >= 11 is 0. The first-order valence-corrected chi connectivity index (χ1v) is 6.99. The van der Waals surface area contributed by atoms with E-state index >= 15 is 0 Å². The van der Waals surface area contributed by atoms with Gasteiger partial charge in [-0.1, -0.05) is 23.8 Å². The average molecular weight is 277 g/mol. The molecule has 0 aromatic heterocycles. The largest absolute Gasteiger partial charge is 0.444 e. The van der Waals surface area contributed by atoms with Crippen molar-refractivity contribution >= 4 is 6.09 Å². The van der Waals surface area contributed by atoms with Crippen LogP contribution in [0.3, 0.4) is 0 Å². The van der Waals surface area contributed by atoms with Crippen molar-refractivity contribution in [3.05, 3.63) is 34.9 Å². The number of hydrogen-bond acceptors (Lipinski definition) is 3. The monoisotopic (exact) mass is 277 g/mol. The zero-order valence-electron chi connectivity index (χ0n) is 12.6. The smallest absolute Gasteiger partial charge is 0.410 e. The highest BCUT2D eigenvalue weighted by Crippen LogP contribution is 2.26. The number of aliphatic hydroxyl groups is 1. The van der Waals surface area contributed by atoms with E-state index < -0.39 is 5.60 Å².